The van der Waals surface area contributed by atoms with E-state index >= 15 is 0 Å². The van der Waals surface area contributed by atoms with E-state index in [4.69, 9.17) is 0 Å². The standard InChI is InChI=1S/C17H12N4O/c22-14-7-5-12(6-8-14)15-4-1-3-13-11-18-17(20-16(13)15)21-10-2-9-19-21/h1-11,22H. The lowest BCUT2D eigenvalue weighted by atomic mass is 10.0. The molecule has 0 saturated heterocycles. The highest BCUT2D eigenvalue weighted by Crippen LogP contribution is 2.28. The van der Waals surface area contributed by atoms with Gasteiger partial charge in [0.2, 0.25) is 0 Å². The SMILES string of the molecule is Oc1ccc(-c2cccc3cnc(-n4cccn4)nc23)cc1. The lowest BCUT2D eigenvalue weighted by Gasteiger charge is -2.08. The Labute approximate surface area is 126 Å². The molecule has 106 valence electrons. The van der Waals surface area contributed by atoms with Crippen molar-refractivity contribution >= 4 is 10.9 Å². The Morgan fingerprint density at radius 2 is 1.82 bits per heavy atom. The topological polar surface area (TPSA) is 63.8 Å². The van der Waals surface area contributed by atoms with Gasteiger partial charge in [0.05, 0.1) is 5.52 Å². The number of phenolic OH excluding ortho intramolecular Hbond substituents is 1. The first kappa shape index (κ1) is 12.5. The summed E-state index contributed by atoms with van der Waals surface area (Å²) in [5.74, 6) is 0.777. The number of fused-ring (bicyclic) bond motifs is 1. The monoisotopic (exact) mass is 288 g/mol. The predicted octanol–water partition coefficient (Wildman–Crippen LogP) is 3.19. The van der Waals surface area contributed by atoms with Crippen LogP contribution in [0.4, 0.5) is 0 Å². The number of hydrogen-bond acceptors (Lipinski definition) is 4. The lowest BCUT2D eigenvalue weighted by Crippen LogP contribution is -2.01. The van der Waals surface area contributed by atoms with E-state index in [9.17, 15) is 5.11 Å². The summed E-state index contributed by atoms with van der Waals surface area (Å²) in [6, 6.07) is 14.9. The quantitative estimate of drug-likeness (QED) is 0.615. The average molecular weight is 288 g/mol. The van der Waals surface area contributed by atoms with Gasteiger partial charge in [0.1, 0.15) is 5.75 Å². The van der Waals surface area contributed by atoms with Crippen LogP contribution in [0.1, 0.15) is 0 Å². The van der Waals surface area contributed by atoms with Gasteiger partial charge < -0.3 is 5.11 Å². The number of nitrogens with zero attached hydrogens (tertiary/aromatic N) is 4. The van der Waals surface area contributed by atoms with Gasteiger partial charge in [-0.1, -0.05) is 30.3 Å². The number of aromatic nitrogens is 4. The van der Waals surface area contributed by atoms with Crippen LogP contribution in [0.25, 0.3) is 28.0 Å². The van der Waals surface area contributed by atoms with Crippen LogP contribution in [0.15, 0.2) is 67.1 Å². The summed E-state index contributed by atoms with van der Waals surface area (Å²) >= 11 is 0. The third kappa shape index (κ3) is 2.09. The van der Waals surface area contributed by atoms with Crippen molar-refractivity contribution in [2.75, 3.05) is 0 Å². The van der Waals surface area contributed by atoms with E-state index in [1.807, 2.05) is 42.6 Å². The summed E-state index contributed by atoms with van der Waals surface area (Å²) < 4.78 is 1.63. The van der Waals surface area contributed by atoms with Crippen molar-refractivity contribution in [1.82, 2.24) is 19.7 Å². The Hall–Kier alpha value is -3.21. The van der Waals surface area contributed by atoms with Crippen molar-refractivity contribution in [3.8, 4) is 22.8 Å². The minimum absolute atomic E-state index is 0.246. The Morgan fingerprint density at radius 1 is 0.955 bits per heavy atom. The molecule has 0 aliphatic rings. The van der Waals surface area contributed by atoms with E-state index in [-0.39, 0.29) is 5.75 Å². The first-order valence-electron chi connectivity index (χ1n) is 6.86. The van der Waals surface area contributed by atoms with E-state index in [0.717, 1.165) is 22.0 Å². The zero-order chi connectivity index (χ0) is 14.9. The smallest absolute Gasteiger partial charge is 0.251 e. The molecule has 2 aromatic heterocycles. The third-order valence-corrected chi connectivity index (χ3v) is 3.49. The second-order valence-corrected chi connectivity index (χ2v) is 4.91. The van der Waals surface area contributed by atoms with Crippen LogP contribution >= 0.6 is 0 Å². The van der Waals surface area contributed by atoms with Gasteiger partial charge in [-0.2, -0.15) is 5.10 Å². The Morgan fingerprint density at radius 3 is 2.59 bits per heavy atom. The molecule has 5 heteroatoms. The van der Waals surface area contributed by atoms with Crippen molar-refractivity contribution in [1.29, 1.82) is 0 Å². The molecule has 2 aromatic carbocycles. The van der Waals surface area contributed by atoms with Crippen LogP contribution in [0.3, 0.4) is 0 Å². The largest absolute Gasteiger partial charge is 0.508 e. The molecule has 0 aliphatic carbocycles. The lowest BCUT2D eigenvalue weighted by molar-refractivity contribution is 0.475. The molecule has 2 heterocycles. The molecule has 1 N–H and O–H groups in total. The summed E-state index contributed by atoms with van der Waals surface area (Å²) in [6.07, 6.45) is 5.30. The maximum atomic E-state index is 9.45. The summed E-state index contributed by atoms with van der Waals surface area (Å²) in [4.78, 5) is 8.99. The minimum atomic E-state index is 0.246. The number of para-hydroxylation sites is 1. The van der Waals surface area contributed by atoms with Crippen molar-refractivity contribution < 1.29 is 5.11 Å². The number of rotatable bonds is 2. The molecule has 0 fully saturated rings. The number of benzene rings is 2. The van der Waals surface area contributed by atoms with Gasteiger partial charge in [-0.05, 0) is 23.8 Å². The molecule has 4 rings (SSSR count). The highest BCUT2D eigenvalue weighted by molar-refractivity contribution is 5.93. The molecular formula is C17H12N4O. The van der Waals surface area contributed by atoms with Crippen molar-refractivity contribution in [3.63, 3.8) is 0 Å². The maximum absolute atomic E-state index is 9.45. The van der Waals surface area contributed by atoms with Crippen molar-refractivity contribution in [3.05, 3.63) is 67.1 Å². The molecule has 0 atom stereocenters. The Bertz CT molecular complexity index is 931. The van der Waals surface area contributed by atoms with Crippen LogP contribution in [0.2, 0.25) is 0 Å². The van der Waals surface area contributed by atoms with Crippen molar-refractivity contribution in [2.45, 2.75) is 0 Å². The van der Waals surface area contributed by atoms with E-state index in [2.05, 4.69) is 15.1 Å². The maximum Gasteiger partial charge on any atom is 0.251 e. The molecule has 0 saturated carbocycles. The number of phenols is 1. The molecule has 4 aromatic rings. The van der Waals surface area contributed by atoms with Crippen LogP contribution in [0, 0.1) is 0 Å². The predicted molar refractivity (Wildman–Crippen MR) is 83.8 cm³/mol. The van der Waals surface area contributed by atoms with E-state index < -0.39 is 0 Å². The molecule has 5 nitrogen and oxygen atoms in total. The van der Waals surface area contributed by atoms with E-state index in [1.165, 1.54) is 0 Å². The fourth-order valence-electron chi connectivity index (χ4n) is 2.42. The van der Waals surface area contributed by atoms with Gasteiger partial charge >= 0.3 is 0 Å². The first-order chi connectivity index (χ1) is 10.8. The van der Waals surface area contributed by atoms with Crippen LogP contribution < -0.4 is 0 Å². The second kappa shape index (κ2) is 4.96. The Kier molecular flexibility index (Phi) is 2.83. The summed E-state index contributed by atoms with van der Waals surface area (Å²) in [5.41, 5.74) is 2.84. The highest BCUT2D eigenvalue weighted by atomic mass is 16.3. The van der Waals surface area contributed by atoms with E-state index in [1.54, 1.807) is 29.2 Å². The summed E-state index contributed by atoms with van der Waals surface area (Å²) in [5, 5.41) is 14.6. The fourth-order valence-corrected chi connectivity index (χ4v) is 2.42. The van der Waals surface area contributed by atoms with Crippen LogP contribution in [-0.2, 0) is 0 Å². The van der Waals surface area contributed by atoms with Gasteiger partial charge in [0.15, 0.2) is 0 Å². The average Bonchev–Trinajstić information content (AvgIpc) is 3.09. The molecular weight excluding hydrogens is 276 g/mol. The first-order valence-corrected chi connectivity index (χ1v) is 6.86. The number of hydrogen-bond donors (Lipinski definition) is 1. The molecule has 0 amide bonds. The molecule has 0 bridgehead atoms. The van der Waals surface area contributed by atoms with Gasteiger partial charge in [-0.25, -0.2) is 14.6 Å². The zero-order valence-corrected chi connectivity index (χ0v) is 11.6. The van der Waals surface area contributed by atoms with Crippen LogP contribution in [-0.4, -0.2) is 24.9 Å². The minimum Gasteiger partial charge on any atom is -0.508 e. The Balaban J connectivity index is 1.94. The molecule has 22 heavy (non-hydrogen) atoms. The van der Waals surface area contributed by atoms with Crippen molar-refractivity contribution in [2.24, 2.45) is 0 Å². The summed E-state index contributed by atoms with van der Waals surface area (Å²) in [7, 11) is 0. The summed E-state index contributed by atoms with van der Waals surface area (Å²) in [6.45, 7) is 0. The normalized spacial score (nSPS) is 10.9. The molecule has 0 radical (unpaired) electrons. The second-order valence-electron chi connectivity index (χ2n) is 4.91. The molecule has 0 aliphatic heterocycles. The van der Waals surface area contributed by atoms with Gasteiger partial charge in [-0.15, -0.1) is 0 Å². The van der Waals surface area contributed by atoms with Gasteiger partial charge in [-0.3, -0.25) is 0 Å². The molecule has 0 unspecified atom stereocenters. The zero-order valence-electron chi connectivity index (χ0n) is 11.6. The molecule has 0 spiro atoms. The number of aromatic hydroxyl groups is 1. The third-order valence-electron chi connectivity index (χ3n) is 3.49. The van der Waals surface area contributed by atoms with Gasteiger partial charge in [0.25, 0.3) is 5.95 Å². The van der Waals surface area contributed by atoms with Gasteiger partial charge in [0, 0.05) is 29.5 Å². The fraction of sp³-hybridized carbons (Fsp3) is 0. The van der Waals surface area contributed by atoms with Crippen LogP contribution in [0.5, 0.6) is 5.75 Å². The van der Waals surface area contributed by atoms with E-state index in [0.29, 0.717) is 5.95 Å². The highest BCUT2D eigenvalue weighted by Gasteiger charge is 2.08.